The first-order chi connectivity index (χ1) is 12.7. The van der Waals surface area contributed by atoms with Crippen molar-refractivity contribution in [3.63, 3.8) is 0 Å². The number of likely N-dealkylation sites (tertiary alicyclic amines) is 1. The van der Waals surface area contributed by atoms with Crippen LogP contribution in [0, 0.1) is 0 Å². The van der Waals surface area contributed by atoms with E-state index in [0.717, 1.165) is 52.2 Å². The molecule has 0 aliphatic carbocycles. The van der Waals surface area contributed by atoms with E-state index >= 15 is 0 Å². The Morgan fingerprint density at radius 1 is 1.35 bits per heavy atom. The third-order valence-corrected chi connectivity index (χ3v) is 5.33. The zero-order chi connectivity index (χ0) is 18.4. The number of methoxy groups -OCH3 is 1. The average molecular weight is 366 g/mol. The number of carbonyl (C=O) groups is 1. The molecule has 0 bridgehead atoms. The van der Waals surface area contributed by atoms with Gasteiger partial charge in [-0.1, -0.05) is 0 Å². The van der Waals surface area contributed by atoms with Crippen molar-refractivity contribution >= 4 is 5.91 Å². The van der Waals surface area contributed by atoms with Crippen LogP contribution < -0.4 is 0 Å². The number of hydrogen-bond donors (Lipinski definition) is 1. The predicted octanol–water partition coefficient (Wildman–Crippen LogP) is 0.276. The molecule has 1 N–H and O–H groups in total. The van der Waals surface area contributed by atoms with Gasteiger partial charge in [-0.2, -0.15) is 0 Å². The van der Waals surface area contributed by atoms with Crippen molar-refractivity contribution in [2.75, 3.05) is 53.1 Å². The second-order valence-electron chi connectivity index (χ2n) is 6.95. The SMILES string of the molecule is COCCn1ccnc1C(O)CC(=O)N1CCC(N2CCOCC2)CC1. The molecule has 0 saturated carbocycles. The highest BCUT2D eigenvalue weighted by atomic mass is 16.5. The van der Waals surface area contributed by atoms with Gasteiger partial charge < -0.3 is 24.0 Å². The maximum atomic E-state index is 12.6. The van der Waals surface area contributed by atoms with Crippen molar-refractivity contribution in [1.82, 2.24) is 19.4 Å². The molecular weight excluding hydrogens is 336 g/mol. The predicted molar refractivity (Wildman–Crippen MR) is 95.7 cm³/mol. The van der Waals surface area contributed by atoms with E-state index in [0.29, 0.717) is 25.0 Å². The highest BCUT2D eigenvalue weighted by molar-refractivity contribution is 5.76. The van der Waals surface area contributed by atoms with E-state index in [1.807, 2.05) is 9.47 Å². The van der Waals surface area contributed by atoms with Crippen molar-refractivity contribution < 1.29 is 19.4 Å². The number of nitrogens with zero attached hydrogens (tertiary/aromatic N) is 4. The molecule has 1 unspecified atom stereocenters. The van der Waals surface area contributed by atoms with Crippen LogP contribution in [0.15, 0.2) is 12.4 Å². The number of hydrogen-bond acceptors (Lipinski definition) is 6. The highest BCUT2D eigenvalue weighted by Gasteiger charge is 2.29. The molecule has 1 atom stereocenters. The molecule has 2 fully saturated rings. The minimum atomic E-state index is -0.883. The number of aromatic nitrogens is 2. The lowest BCUT2D eigenvalue weighted by Gasteiger charge is -2.40. The number of aliphatic hydroxyl groups is 1. The van der Waals surface area contributed by atoms with Gasteiger partial charge in [0.2, 0.25) is 5.91 Å². The number of ether oxygens (including phenoxy) is 2. The Bertz CT molecular complexity index is 565. The van der Waals surface area contributed by atoms with E-state index < -0.39 is 6.10 Å². The van der Waals surface area contributed by atoms with Gasteiger partial charge >= 0.3 is 0 Å². The molecule has 8 heteroatoms. The summed E-state index contributed by atoms with van der Waals surface area (Å²) in [6.07, 6.45) is 4.62. The van der Waals surface area contributed by atoms with Crippen LogP contribution in [0.1, 0.15) is 31.2 Å². The molecule has 1 aromatic heterocycles. The Balaban J connectivity index is 1.47. The number of carbonyl (C=O) groups excluding carboxylic acids is 1. The lowest BCUT2D eigenvalue weighted by molar-refractivity contribution is -0.135. The van der Waals surface area contributed by atoms with E-state index in [1.165, 1.54) is 0 Å². The molecule has 3 heterocycles. The molecule has 146 valence electrons. The van der Waals surface area contributed by atoms with E-state index in [4.69, 9.17) is 9.47 Å². The van der Waals surface area contributed by atoms with Crippen molar-refractivity contribution in [2.45, 2.75) is 38.0 Å². The Morgan fingerprint density at radius 2 is 2.08 bits per heavy atom. The number of imidazole rings is 1. The van der Waals surface area contributed by atoms with E-state index in [1.54, 1.807) is 19.5 Å². The van der Waals surface area contributed by atoms with Crippen LogP contribution in [0.2, 0.25) is 0 Å². The van der Waals surface area contributed by atoms with Gasteiger partial charge in [0, 0.05) is 58.3 Å². The minimum Gasteiger partial charge on any atom is -0.385 e. The van der Waals surface area contributed by atoms with Gasteiger partial charge in [-0.05, 0) is 12.8 Å². The highest BCUT2D eigenvalue weighted by Crippen LogP contribution is 2.21. The van der Waals surface area contributed by atoms with Crippen LogP contribution in [0.5, 0.6) is 0 Å². The second kappa shape index (κ2) is 9.45. The molecular formula is C18H30N4O4. The Hall–Kier alpha value is -1.48. The molecule has 2 aliphatic heterocycles. The van der Waals surface area contributed by atoms with Crippen LogP contribution in [0.4, 0.5) is 0 Å². The largest absolute Gasteiger partial charge is 0.385 e. The molecule has 2 aliphatic rings. The van der Waals surface area contributed by atoms with Gasteiger partial charge in [-0.25, -0.2) is 4.98 Å². The molecule has 1 amide bonds. The van der Waals surface area contributed by atoms with Crippen molar-refractivity contribution in [3.8, 4) is 0 Å². The third-order valence-electron chi connectivity index (χ3n) is 5.33. The molecule has 8 nitrogen and oxygen atoms in total. The fraction of sp³-hybridized carbons (Fsp3) is 0.778. The normalized spacial score (nSPS) is 21.1. The summed E-state index contributed by atoms with van der Waals surface area (Å²) in [5.74, 6) is 0.526. The zero-order valence-corrected chi connectivity index (χ0v) is 15.5. The standard InChI is InChI=1S/C18H30N4O4/c1-25-11-8-22-7-4-19-18(22)16(23)14-17(24)21-5-2-15(3-6-21)20-9-12-26-13-10-20/h4,7,15-16,23H,2-3,5-6,8-14H2,1H3. The summed E-state index contributed by atoms with van der Waals surface area (Å²) in [6, 6.07) is 0.542. The number of rotatable bonds is 7. The van der Waals surface area contributed by atoms with Gasteiger partial charge in [0.1, 0.15) is 11.9 Å². The summed E-state index contributed by atoms with van der Waals surface area (Å²) >= 11 is 0. The monoisotopic (exact) mass is 366 g/mol. The number of piperidine rings is 1. The first-order valence-electron chi connectivity index (χ1n) is 9.46. The topological polar surface area (TPSA) is 80.1 Å². The number of aliphatic hydroxyl groups excluding tert-OH is 1. The van der Waals surface area contributed by atoms with Gasteiger partial charge in [-0.3, -0.25) is 9.69 Å². The zero-order valence-electron chi connectivity index (χ0n) is 15.5. The molecule has 3 rings (SSSR count). The third kappa shape index (κ3) is 4.82. The summed E-state index contributed by atoms with van der Waals surface area (Å²) in [6.45, 7) is 6.25. The Kier molecular flexibility index (Phi) is 7.01. The maximum Gasteiger partial charge on any atom is 0.225 e. The molecule has 2 saturated heterocycles. The van der Waals surface area contributed by atoms with Gasteiger partial charge in [0.25, 0.3) is 0 Å². The average Bonchev–Trinajstić information content (AvgIpc) is 3.16. The summed E-state index contributed by atoms with van der Waals surface area (Å²) in [5.41, 5.74) is 0. The quantitative estimate of drug-likeness (QED) is 0.747. The Morgan fingerprint density at radius 3 is 2.77 bits per heavy atom. The minimum absolute atomic E-state index is 0.000723. The van der Waals surface area contributed by atoms with E-state index in [2.05, 4.69) is 9.88 Å². The first kappa shape index (κ1) is 19.3. The van der Waals surface area contributed by atoms with Gasteiger partial charge in [0.15, 0.2) is 0 Å². The van der Waals surface area contributed by atoms with Crippen LogP contribution >= 0.6 is 0 Å². The lowest BCUT2D eigenvalue weighted by atomic mass is 10.0. The number of amides is 1. The van der Waals surface area contributed by atoms with Crippen LogP contribution in [0.25, 0.3) is 0 Å². The smallest absolute Gasteiger partial charge is 0.225 e. The van der Waals surface area contributed by atoms with Gasteiger partial charge in [0.05, 0.1) is 26.2 Å². The molecule has 0 spiro atoms. The maximum absolute atomic E-state index is 12.6. The molecule has 0 aromatic carbocycles. The van der Waals surface area contributed by atoms with Crippen LogP contribution in [-0.2, 0) is 20.8 Å². The fourth-order valence-corrected chi connectivity index (χ4v) is 3.81. The molecule has 26 heavy (non-hydrogen) atoms. The van der Waals surface area contributed by atoms with Crippen molar-refractivity contribution in [2.24, 2.45) is 0 Å². The summed E-state index contributed by atoms with van der Waals surface area (Å²) in [7, 11) is 1.64. The second-order valence-corrected chi connectivity index (χ2v) is 6.95. The van der Waals surface area contributed by atoms with E-state index in [9.17, 15) is 9.90 Å². The fourth-order valence-electron chi connectivity index (χ4n) is 3.81. The Labute approximate surface area is 154 Å². The van der Waals surface area contributed by atoms with Crippen molar-refractivity contribution in [3.05, 3.63) is 18.2 Å². The summed E-state index contributed by atoms with van der Waals surface area (Å²) < 4.78 is 12.3. The number of morpholine rings is 1. The molecule has 1 aromatic rings. The van der Waals surface area contributed by atoms with E-state index in [-0.39, 0.29) is 12.3 Å². The summed E-state index contributed by atoms with van der Waals surface area (Å²) in [4.78, 5) is 21.1. The van der Waals surface area contributed by atoms with Gasteiger partial charge in [-0.15, -0.1) is 0 Å². The van der Waals surface area contributed by atoms with Crippen molar-refractivity contribution in [1.29, 1.82) is 0 Å². The van der Waals surface area contributed by atoms with Crippen LogP contribution in [-0.4, -0.2) is 89.5 Å². The van der Waals surface area contributed by atoms with Crippen LogP contribution in [0.3, 0.4) is 0 Å². The lowest BCUT2D eigenvalue weighted by Crippen LogP contribution is -2.50. The first-order valence-corrected chi connectivity index (χ1v) is 9.46. The summed E-state index contributed by atoms with van der Waals surface area (Å²) in [5, 5.41) is 10.5. The molecule has 0 radical (unpaired) electrons.